The third-order valence-electron chi connectivity index (χ3n) is 7.70. The van der Waals surface area contributed by atoms with Crippen molar-refractivity contribution in [2.75, 3.05) is 0 Å². The molecule has 126 valence electrons. The van der Waals surface area contributed by atoms with E-state index in [0.717, 1.165) is 45.2 Å². The zero-order chi connectivity index (χ0) is 15.1. The van der Waals surface area contributed by atoms with Gasteiger partial charge in [-0.3, -0.25) is 0 Å². The molecule has 0 heterocycles. The van der Waals surface area contributed by atoms with E-state index in [4.69, 9.17) is 0 Å². The lowest BCUT2D eigenvalue weighted by Gasteiger charge is -2.55. The molecule has 0 nitrogen and oxygen atoms in total. The zero-order valence-electron chi connectivity index (χ0n) is 13.9. The van der Waals surface area contributed by atoms with Gasteiger partial charge in [0.1, 0.15) is 0 Å². The topological polar surface area (TPSA) is 0 Å². The molecule has 4 aliphatic rings. The zero-order valence-corrected chi connectivity index (χ0v) is 17.0. The second-order valence-corrected chi connectivity index (χ2v) is 11.5. The predicted molar refractivity (Wildman–Crippen MR) is 102 cm³/mol. The van der Waals surface area contributed by atoms with Gasteiger partial charge in [-0.1, -0.05) is 70.4 Å². The van der Waals surface area contributed by atoms with Crippen molar-refractivity contribution in [3.8, 4) is 0 Å². The first kappa shape index (κ1) is 16.4. The van der Waals surface area contributed by atoms with Gasteiger partial charge in [0, 0.05) is 9.65 Å². The van der Waals surface area contributed by atoms with Crippen LogP contribution in [0.1, 0.15) is 77.0 Å². The van der Waals surface area contributed by atoms with E-state index in [2.05, 4.69) is 31.9 Å². The van der Waals surface area contributed by atoms with Crippen molar-refractivity contribution in [1.82, 2.24) is 0 Å². The van der Waals surface area contributed by atoms with Crippen LogP contribution >= 0.6 is 31.9 Å². The van der Waals surface area contributed by atoms with Gasteiger partial charge in [-0.2, -0.15) is 0 Å². The number of rotatable bonds is 1. The summed E-state index contributed by atoms with van der Waals surface area (Å²) in [5.74, 6) is 6.46. The van der Waals surface area contributed by atoms with Crippen molar-refractivity contribution in [3.05, 3.63) is 0 Å². The number of fused-ring (bicyclic) bond motifs is 2. The summed E-state index contributed by atoms with van der Waals surface area (Å²) >= 11 is 7.96. The minimum absolute atomic E-state index is 0.765. The highest BCUT2D eigenvalue weighted by molar-refractivity contribution is 9.10. The lowest BCUT2D eigenvalue weighted by Crippen LogP contribution is -2.47. The van der Waals surface area contributed by atoms with Crippen molar-refractivity contribution in [3.63, 3.8) is 0 Å². The van der Waals surface area contributed by atoms with Gasteiger partial charge in [-0.25, -0.2) is 0 Å². The van der Waals surface area contributed by atoms with Crippen LogP contribution in [-0.2, 0) is 0 Å². The molecule has 0 aromatic carbocycles. The van der Waals surface area contributed by atoms with E-state index in [0.29, 0.717) is 0 Å². The molecular formula is C20H32Br2. The highest BCUT2D eigenvalue weighted by atomic mass is 79.9. The Kier molecular flexibility index (Phi) is 5.27. The Balaban J connectivity index is 1.59. The first-order valence-electron chi connectivity index (χ1n) is 10.0. The van der Waals surface area contributed by atoms with Crippen LogP contribution in [0.4, 0.5) is 0 Å². The minimum atomic E-state index is 0.765. The summed E-state index contributed by atoms with van der Waals surface area (Å²) in [5, 5.41) is 0. The lowest BCUT2D eigenvalue weighted by molar-refractivity contribution is -0.0466. The largest absolute Gasteiger partial charge is 0.0890 e. The molecule has 4 saturated carbocycles. The minimum Gasteiger partial charge on any atom is -0.0890 e. The molecule has 6 atom stereocenters. The van der Waals surface area contributed by atoms with Crippen LogP contribution in [0.2, 0.25) is 0 Å². The van der Waals surface area contributed by atoms with E-state index < -0.39 is 0 Å². The second kappa shape index (κ2) is 7.06. The van der Waals surface area contributed by atoms with Gasteiger partial charge in [0.2, 0.25) is 0 Å². The fraction of sp³-hybridized carbons (Fsp3) is 1.00. The number of alkyl halides is 2. The number of hydrogen-bond donors (Lipinski definition) is 0. The van der Waals surface area contributed by atoms with Gasteiger partial charge < -0.3 is 0 Å². The Labute approximate surface area is 153 Å². The predicted octanol–water partition coefficient (Wildman–Crippen LogP) is 6.95. The van der Waals surface area contributed by atoms with Crippen molar-refractivity contribution >= 4 is 31.9 Å². The Morgan fingerprint density at radius 2 is 1.00 bits per heavy atom. The molecule has 4 aliphatic carbocycles. The van der Waals surface area contributed by atoms with Gasteiger partial charge in [-0.05, 0) is 74.0 Å². The molecule has 0 aromatic heterocycles. The molecule has 0 saturated heterocycles. The van der Waals surface area contributed by atoms with Crippen LogP contribution in [0, 0.1) is 35.5 Å². The van der Waals surface area contributed by atoms with Crippen LogP contribution in [0.5, 0.6) is 0 Å². The van der Waals surface area contributed by atoms with Gasteiger partial charge in [0.25, 0.3) is 0 Å². The molecule has 0 radical (unpaired) electrons. The summed E-state index contributed by atoms with van der Waals surface area (Å²) in [5.41, 5.74) is 0. The Bertz CT molecular complexity index is 350. The fourth-order valence-electron chi connectivity index (χ4n) is 7.01. The smallest absolute Gasteiger partial charge is 0.0159 e. The molecule has 6 unspecified atom stereocenters. The summed E-state index contributed by atoms with van der Waals surface area (Å²) in [6.45, 7) is 0. The molecule has 0 amide bonds. The van der Waals surface area contributed by atoms with Crippen LogP contribution in [-0.4, -0.2) is 9.65 Å². The molecule has 0 spiro atoms. The molecule has 0 aromatic rings. The van der Waals surface area contributed by atoms with E-state index in [1.54, 1.807) is 32.1 Å². The van der Waals surface area contributed by atoms with Crippen molar-refractivity contribution in [2.45, 2.75) is 86.7 Å². The fourth-order valence-corrected chi connectivity index (χ4v) is 9.38. The van der Waals surface area contributed by atoms with Crippen LogP contribution in [0.15, 0.2) is 0 Å². The van der Waals surface area contributed by atoms with Gasteiger partial charge in [-0.15, -0.1) is 0 Å². The van der Waals surface area contributed by atoms with Crippen LogP contribution in [0.3, 0.4) is 0 Å². The molecule has 2 heteroatoms. The van der Waals surface area contributed by atoms with E-state index in [-0.39, 0.29) is 0 Å². The average molecular weight is 432 g/mol. The SMILES string of the molecule is BrC1CC(Br)CC(C2C3CCCCC3CC3CCCCC32)C1. The van der Waals surface area contributed by atoms with E-state index >= 15 is 0 Å². The second-order valence-electron chi connectivity index (χ2n) is 8.89. The van der Waals surface area contributed by atoms with Crippen LogP contribution < -0.4 is 0 Å². The summed E-state index contributed by atoms with van der Waals surface area (Å²) in [6, 6.07) is 0. The summed E-state index contributed by atoms with van der Waals surface area (Å²) in [4.78, 5) is 1.53. The quantitative estimate of drug-likeness (QED) is 0.394. The molecule has 0 bridgehead atoms. The standard InChI is InChI=1S/C20H32Br2/c21-16-10-15(11-17(22)12-16)20-18-7-3-1-5-13(18)9-14-6-2-4-8-19(14)20/h13-20H,1-12H2. The molecule has 4 fully saturated rings. The maximum atomic E-state index is 3.98. The maximum absolute atomic E-state index is 3.98. The van der Waals surface area contributed by atoms with E-state index in [1.807, 2.05) is 0 Å². The highest BCUT2D eigenvalue weighted by Gasteiger charge is 2.49. The molecule has 0 aliphatic heterocycles. The highest BCUT2D eigenvalue weighted by Crippen LogP contribution is 2.57. The summed E-state index contributed by atoms with van der Waals surface area (Å²) < 4.78 is 0. The Morgan fingerprint density at radius 3 is 1.55 bits per heavy atom. The monoisotopic (exact) mass is 430 g/mol. The first-order valence-corrected chi connectivity index (χ1v) is 11.8. The van der Waals surface area contributed by atoms with Crippen LogP contribution in [0.25, 0.3) is 0 Å². The maximum Gasteiger partial charge on any atom is 0.0159 e. The van der Waals surface area contributed by atoms with Crippen molar-refractivity contribution in [2.24, 2.45) is 35.5 Å². The Hall–Kier alpha value is 0.960. The summed E-state index contributed by atoms with van der Waals surface area (Å²) in [7, 11) is 0. The van der Waals surface area contributed by atoms with Crippen molar-refractivity contribution < 1.29 is 0 Å². The first-order chi connectivity index (χ1) is 10.7. The Morgan fingerprint density at radius 1 is 0.500 bits per heavy atom. The summed E-state index contributed by atoms with van der Waals surface area (Å²) in [6.07, 6.45) is 18.2. The average Bonchev–Trinajstić information content (AvgIpc) is 2.51. The molecule has 22 heavy (non-hydrogen) atoms. The molecule has 4 rings (SSSR count). The van der Waals surface area contributed by atoms with E-state index in [1.165, 1.54) is 44.9 Å². The molecule has 0 N–H and O–H groups in total. The lowest BCUT2D eigenvalue weighted by atomic mass is 9.51. The normalized spacial score (nSPS) is 52.6. The van der Waals surface area contributed by atoms with Crippen molar-refractivity contribution in [1.29, 1.82) is 0 Å². The third-order valence-corrected chi connectivity index (χ3v) is 9.20. The van der Waals surface area contributed by atoms with Gasteiger partial charge in [0.05, 0.1) is 0 Å². The van der Waals surface area contributed by atoms with E-state index in [9.17, 15) is 0 Å². The van der Waals surface area contributed by atoms with Gasteiger partial charge in [0.15, 0.2) is 0 Å². The number of hydrogen-bond acceptors (Lipinski definition) is 0. The number of halogens is 2. The molecular weight excluding hydrogens is 400 g/mol. The van der Waals surface area contributed by atoms with Gasteiger partial charge >= 0.3 is 0 Å². The third kappa shape index (κ3) is 3.22.